The van der Waals surface area contributed by atoms with Crippen molar-refractivity contribution in [2.75, 3.05) is 85.1 Å². The molecule has 558 valence electrons. The minimum Gasteiger partial charge on any atom is -0.481 e. The number of nitrogens with one attached hydrogen (secondary N) is 5. The van der Waals surface area contributed by atoms with Gasteiger partial charge in [0.1, 0.15) is 17.9 Å². The van der Waals surface area contributed by atoms with Gasteiger partial charge < -0.3 is 72.5 Å². The topological polar surface area (TPSA) is 528 Å². The normalized spacial score (nSPS) is 17.7. The molecule has 101 heavy (non-hydrogen) atoms. The van der Waals surface area contributed by atoms with Crippen LogP contribution in [0.15, 0.2) is 42.5 Å². The van der Waals surface area contributed by atoms with E-state index in [1.165, 1.54) is 0 Å². The first kappa shape index (κ1) is 83.9. The first-order valence-corrected chi connectivity index (χ1v) is 33.7. The quantitative estimate of drug-likeness (QED) is 0.0413. The summed E-state index contributed by atoms with van der Waals surface area (Å²) in [7, 11) is 0. The highest BCUT2D eigenvalue weighted by atomic mass is 16.4. The number of nitrogens with zero attached hydrogens (tertiary/aromatic N) is 4. The molecule has 4 rings (SSSR count). The van der Waals surface area contributed by atoms with E-state index in [9.17, 15) is 118 Å². The molecule has 1 saturated carbocycles. The third kappa shape index (κ3) is 33.5. The highest BCUT2D eigenvalue weighted by Crippen LogP contribution is 2.32. The van der Waals surface area contributed by atoms with E-state index < -0.39 is 195 Å². The van der Waals surface area contributed by atoms with Crippen molar-refractivity contribution in [3.8, 4) is 0 Å². The predicted octanol–water partition coefficient (Wildman–Crippen LogP) is 1.09. The zero-order valence-corrected chi connectivity index (χ0v) is 56.3. The van der Waals surface area contributed by atoms with Gasteiger partial charge >= 0.3 is 59.8 Å². The van der Waals surface area contributed by atoms with Crippen LogP contribution in [-0.4, -0.2) is 270 Å². The molecule has 6 unspecified atom stereocenters. The standard InChI is InChI=1S/C67H95N9O25/c77-48(37-73-25-27-74(38-59(88)89)29-31-76(40-61(92)93)32-30-75(28-26-73)39-60(90)91)16-11-41-8-13-44(14-9-41)63(95)69-49(17-21-56(82)83)53(78)35-46(15-20-55(80)81)64(96)70-50(18-22-57(84)85)54(79)36-47(34-42-10-12-43-5-1-2-6-45(43)33-42)62(94)68-24-4-3-7-51(65(97)98)71-67(101)72-52(66(99)100)19-23-58(86)87/h1-2,5-6,10,12,33,41,44,46-47,49-52H,3-4,7-9,11,13-32,34-40H2,(H,68,94)(H,69,95)(H,70,96)(H,80,81)(H,82,83)(H,84,85)(H,86,87)(H,88,89)(H,90,91)(H,92,93)(H,97,98)(H,99,100)(H2,71,72,101). The molecular formula is C67H95N9O25. The number of carbonyl (C=O) groups excluding carboxylic acids is 7. The van der Waals surface area contributed by atoms with Crippen LogP contribution in [0, 0.1) is 23.7 Å². The molecule has 5 amide bonds. The van der Waals surface area contributed by atoms with E-state index in [4.69, 9.17) is 5.11 Å². The second kappa shape index (κ2) is 43.9. The van der Waals surface area contributed by atoms with E-state index in [-0.39, 0.29) is 129 Å². The second-order valence-electron chi connectivity index (χ2n) is 25.7. The first-order valence-electron chi connectivity index (χ1n) is 33.7. The van der Waals surface area contributed by atoms with Crippen molar-refractivity contribution in [1.29, 1.82) is 0 Å². The van der Waals surface area contributed by atoms with Gasteiger partial charge in [-0.25, -0.2) is 14.4 Å². The number of fused-ring (bicyclic) bond motifs is 1. The average Bonchev–Trinajstić information content (AvgIpc) is 0.834. The lowest BCUT2D eigenvalue weighted by Crippen LogP contribution is -2.51. The largest absolute Gasteiger partial charge is 0.481 e. The van der Waals surface area contributed by atoms with Gasteiger partial charge in [0, 0.05) is 122 Å². The third-order valence-corrected chi connectivity index (χ3v) is 17.9. The van der Waals surface area contributed by atoms with Crippen LogP contribution in [0.25, 0.3) is 10.8 Å². The van der Waals surface area contributed by atoms with Crippen molar-refractivity contribution >= 4 is 106 Å². The van der Waals surface area contributed by atoms with Crippen LogP contribution >= 0.6 is 0 Å². The molecule has 1 aliphatic heterocycles. The second-order valence-corrected chi connectivity index (χ2v) is 25.7. The van der Waals surface area contributed by atoms with Crippen molar-refractivity contribution in [2.24, 2.45) is 23.7 Å². The van der Waals surface area contributed by atoms with Crippen LogP contribution in [0.1, 0.15) is 128 Å². The lowest BCUT2D eigenvalue weighted by atomic mass is 9.79. The van der Waals surface area contributed by atoms with Gasteiger partial charge in [-0.2, -0.15) is 0 Å². The van der Waals surface area contributed by atoms with Gasteiger partial charge in [-0.1, -0.05) is 42.5 Å². The summed E-state index contributed by atoms with van der Waals surface area (Å²) in [6.45, 7) is 0.686. The minimum absolute atomic E-state index is 0.000498. The number of aliphatic carboxylic acids is 9. The lowest BCUT2D eigenvalue weighted by Gasteiger charge is -2.33. The summed E-state index contributed by atoms with van der Waals surface area (Å²) in [6.07, 6.45) is -3.79. The number of hydrogen-bond donors (Lipinski definition) is 14. The molecule has 2 fully saturated rings. The van der Waals surface area contributed by atoms with Gasteiger partial charge in [0.2, 0.25) is 17.7 Å². The molecule has 1 heterocycles. The number of carbonyl (C=O) groups is 16. The Morgan fingerprint density at radius 1 is 0.416 bits per heavy atom. The maximum Gasteiger partial charge on any atom is 0.326 e. The van der Waals surface area contributed by atoms with Crippen LogP contribution in [0.4, 0.5) is 4.79 Å². The summed E-state index contributed by atoms with van der Waals surface area (Å²) in [5.74, 6) is -19.2. The van der Waals surface area contributed by atoms with E-state index in [1.807, 2.05) is 28.4 Å². The number of rotatable bonds is 45. The van der Waals surface area contributed by atoms with Gasteiger partial charge in [-0.05, 0) is 106 Å². The van der Waals surface area contributed by atoms with Crippen molar-refractivity contribution in [3.63, 3.8) is 0 Å². The summed E-state index contributed by atoms with van der Waals surface area (Å²) in [5, 5.41) is 99.5. The monoisotopic (exact) mass is 1430 g/mol. The number of amides is 5. The highest BCUT2D eigenvalue weighted by molar-refractivity contribution is 5.96. The Kier molecular flexibility index (Phi) is 36.4. The number of carboxylic acid groups (broad SMARTS) is 9. The fourth-order valence-electron chi connectivity index (χ4n) is 12.2. The number of hydrogen-bond acceptors (Lipinski definition) is 20. The molecule has 6 atom stereocenters. The Hall–Kier alpha value is -9.54. The molecular weight excluding hydrogens is 1330 g/mol. The van der Waals surface area contributed by atoms with Crippen molar-refractivity contribution in [3.05, 3.63) is 48.0 Å². The number of urea groups is 1. The SMILES string of the molecule is O=C(O)CCC(CC(=O)C(CCC(=O)O)NC(=O)C1CCC(CCC(=O)CN2CCN(CC(=O)O)CCN(CC(=O)O)CCN(CC(=O)O)CC2)CC1)C(=O)NC(CCC(=O)O)C(=O)CC(Cc1ccc2ccccc2c1)C(=O)NCCCCC(NC(=O)NC(CCC(=O)O)C(=O)O)C(=O)O. The van der Waals surface area contributed by atoms with E-state index in [0.717, 1.165) is 10.8 Å². The fourth-order valence-corrected chi connectivity index (χ4v) is 12.2. The zero-order valence-electron chi connectivity index (χ0n) is 56.3. The number of ketones is 3. The Bertz CT molecular complexity index is 3200. The number of Topliss-reactive ketones (excluding diaryl/α,β-unsaturated/α-hetero) is 3. The number of benzene rings is 2. The van der Waals surface area contributed by atoms with Crippen LogP contribution in [0.3, 0.4) is 0 Å². The van der Waals surface area contributed by atoms with Crippen molar-refractivity contribution in [1.82, 2.24) is 46.2 Å². The molecule has 34 nitrogen and oxygen atoms in total. The van der Waals surface area contributed by atoms with Crippen LogP contribution in [-0.2, 0) is 78.3 Å². The van der Waals surface area contributed by atoms with Gasteiger partial charge in [-0.15, -0.1) is 0 Å². The molecule has 0 aromatic heterocycles. The van der Waals surface area contributed by atoms with Crippen LogP contribution < -0.4 is 26.6 Å². The summed E-state index contributed by atoms with van der Waals surface area (Å²) in [4.78, 5) is 209. The smallest absolute Gasteiger partial charge is 0.326 e. The Morgan fingerprint density at radius 2 is 0.851 bits per heavy atom. The predicted molar refractivity (Wildman–Crippen MR) is 355 cm³/mol. The van der Waals surface area contributed by atoms with Gasteiger partial charge in [0.15, 0.2) is 11.6 Å². The first-order chi connectivity index (χ1) is 47.8. The van der Waals surface area contributed by atoms with Crippen LogP contribution in [0.5, 0.6) is 0 Å². The molecule has 2 aliphatic rings. The van der Waals surface area contributed by atoms with Gasteiger partial charge in [-0.3, -0.25) is 81.9 Å². The molecule has 34 heteroatoms. The Balaban J connectivity index is 1.43. The van der Waals surface area contributed by atoms with Gasteiger partial charge in [0.05, 0.1) is 38.3 Å². The maximum absolute atomic E-state index is 14.5. The summed E-state index contributed by atoms with van der Waals surface area (Å²) in [6, 6.07) is 5.10. The Labute approximate surface area is 581 Å². The summed E-state index contributed by atoms with van der Waals surface area (Å²) >= 11 is 0. The molecule has 0 bridgehead atoms. The molecule has 1 saturated heterocycles. The molecule has 2 aromatic rings. The molecule has 14 N–H and O–H groups in total. The average molecular weight is 1430 g/mol. The van der Waals surface area contributed by atoms with E-state index in [0.29, 0.717) is 37.7 Å². The minimum atomic E-state index is -1.64. The number of carboxylic acids is 9. The van der Waals surface area contributed by atoms with Crippen molar-refractivity contribution < 1.29 is 123 Å². The van der Waals surface area contributed by atoms with Crippen molar-refractivity contribution in [2.45, 2.75) is 153 Å². The van der Waals surface area contributed by atoms with E-state index in [1.54, 1.807) is 39.0 Å². The molecule has 2 aromatic carbocycles. The molecule has 1 aliphatic carbocycles. The van der Waals surface area contributed by atoms with E-state index >= 15 is 0 Å². The van der Waals surface area contributed by atoms with Crippen LogP contribution in [0.2, 0.25) is 0 Å². The zero-order chi connectivity index (χ0) is 74.7. The molecule has 0 spiro atoms. The lowest BCUT2D eigenvalue weighted by molar-refractivity contribution is -0.141. The maximum atomic E-state index is 14.5. The third-order valence-electron chi connectivity index (χ3n) is 17.9. The summed E-state index contributed by atoms with van der Waals surface area (Å²) in [5.41, 5.74) is 0.593. The van der Waals surface area contributed by atoms with E-state index in [2.05, 4.69) is 21.3 Å². The molecule has 0 radical (unpaired) electrons. The Morgan fingerprint density at radius 3 is 1.33 bits per heavy atom. The fraction of sp³-hybridized carbons (Fsp3) is 0.612. The number of unbranched alkanes of at least 4 members (excludes halogenated alkanes) is 1. The summed E-state index contributed by atoms with van der Waals surface area (Å²) < 4.78 is 0. The van der Waals surface area contributed by atoms with Gasteiger partial charge in [0.25, 0.3) is 0 Å². The highest BCUT2D eigenvalue weighted by Gasteiger charge is 2.36.